The van der Waals surface area contributed by atoms with Crippen LogP contribution in [0.5, 0.6) is 0 Å². The molecule has 0 aliphatic heterocycles. The molecule has 2 N–H and O–H groups in total. The lowest BCUT2D eigenvalue weighted by molar-refractivity contribution is -0.118. The van der Waals surface area contributed by atoms with Gasteiger partial charge >= 0.3 is 0 Å². The Labute approximate surface area is 145 Å². The molecule has 2 rings (SSSR count). The number of hydrogen-bond donors (Lipinski definition) is 2. The minimum absolute atomic E-state index is 0.0133. The fourth-order valence-corrected chi connectivity index (χ4v) is 2.30. The fraction of sp³-hybridized carbons (Fsp3) is 0.263. The summed E-state index contributed by atoms with van der Waals surface area (Å²) in [7, 11) is 0. The minimum Gasteiger partial charge on any atom is -0.326 e. The largest absolute Gasteiger partial charge is 0.326 e. The highest BCUT2D eigenvalue weighted by molar-refractivity contribution is 5.91. The average Bonchev–Trinajstić information content (AvgIpc) is 2.57. The first-order valence-corrected chi connectivity index (χ1v) is 8.03. The summed E-state index contributed by atoms with van der Waals surface area (Å²) < 4.78 is 25.6. The normalized spacial score (nSPS) is 11.6. The molecule has 1 unspecified atom stereocenters. The highest BCUT2D eigenvalue weighted by Crippen LogP contribution is 2.15. The van der Waals surface area contributed by atoms with Crippen molar-refractivity contribution in [2.75, 3.05) is 10.6 Å². The van der Waals surface area contributed by atoms with Gasteiger partial charge in [0.2, 0.25) is 11.8 Å². The average molecular weight is 346 g/mol. The zero-order valence-electron chi connectivity index (χ0n) is 13.9. The maximum atomic E-state index is 12.8. The molecule has 0 fully saturated rings. The van der Waals surface area contributed by atoms with Gasteiger partial charge in [0.15, 0.2) is 0 Å². The van der Waals surface area contributed by atoms with Gasteiger partial charge in [0.25, 0.3) is 0 Å². The van der Waals surface area contributed by atoms with E-state index in [1.165, 1.54) is 48.5 Å². The molecule has 0 heterocycles. The predicted octanol–water partition coefficient (Wildman–Crippen LogP) is 4.35. The lowest BCUT2D eigenvalue weighted by Crippen LogP contribution is -2.17. The quantitative estimate of drug-likeness (QED) is 0.783. The van der Waals surface area contributed by atoms with Crippen molar-refractivity contribution in [1.82, 2.24) is 0 Å². The summed E-state index contributed by atoms with van der Waals surface area (Å²) in [5, 5.41) is 5.37. The summed E-state index contributed by atoms with van der Waals surface area (Å²) in [5.74, 6) is -1.08. The number of rotatable bonds is 7. The van der Waals surface area contributed by atoms with Gasteiger partial charge in [0, 0.05) is 24.2 Å². The number of anilines is 2. The molecule has 132 valence electrons. The molecule has 0 radical (unpaired) electrons. The Balaban J connectivity index is 1.71. The molecule has 2 aromatic carbocycles. The second kappa shape index (κ2) is 8.92. The predicted molar refractivity (Wildman–Crippen MR) is 93.1 cm³/mol. The van der Waals surface area contributed by atoms with Gasteiger partial charge in [-0.15, -0.1) is 0 Å². The fourth-order valence-electron chi connectivity index (χ4n) is 2.30. The highest BCUT2D eigenvalue weighted by atomic mass is 19.1. The van der Waals surface area contributed by atoms with Crippen molar-refractivity contribution in [3.63, 3.8) is 0 Å². The Morgan fingerprint density at radius 3 is 1.76 bits per heavy atom. The number of hydrogen-bond acceptors (Lipinski definition) is 2. The van der Waals surface area contributed by atoms with Gasteiger partial charge in [-0.2, -0.15) is 0 Å². The SMILES string of the molecule is CC(CCC(=O)Nc1ccc(F)cc1)CC(=O)Nc1ccc(F)cc1. The molecule has 2 aromatic rings. The monoisotopic (exact) mass is 346 g/mol. The molecule has 4 nitrogen and oxygen atoms in total. The van der Waals surface area contributed by atoms with Crippen molar-refractivity contribution in [3.8, 4) is 0 Å². The van der Waals surface area contributed by atoms with Gasteiger partial charge in [0.05, 0.1) is 0 Å². The number of amides is 2. The van der Waals surface area contributed by atoms with E-state index in [0.717, 1.165) is 0 Å². The summed E-state index contributed by atoms with van der Waals surface area (Å²) in [5.41, 5.74) is 1.07. The third-order valence-corrected chi connectivity index (χ3v) is 3.65. The molecule has 25 heavy (non-hydrogen) atoms. The molecular weight excluding hydrogens is 326 g/mol. The van der Waals surface area contributed by atoms with E-state index in [2.05, 4.69) is 10.6 Å². The van der Waals surface area contributed by atoms with Gasteiger partial charge < -0.3 is 10.6 Å². The molecule has 0 aromatic heterocycles. The van der Waals surface area contributed by atoms with Gasteiger partial charge in [0.1, 0.15) is 11.6 Å². The van der Waals surface area contributed by atoms with Crippen LogP contribution in [0, 0.1) is 17.6 Å². The first-order valence-electron chi connectivity index (χ1n) is 8.03. The third kappa shape index (κ3) is 6.71. The van der Waals surface area contributed by atoms with Crippen molar-refractivity contribution < 1.29 is 18.4 Å². The Morgan fingerprint density at radius 2 is 1.28 bits per heavy atom. The number of carbonyl (C=O) groups is 2. The van der Waals surface area contributed by atoms with Crippen LogP contribution >= 0.6 is 0 Å². The number of halogens is 2. The van der Waals surface area contributed by atoms with Gasteiger partial charge in [-0.05, 0) is 60.9 Å². The van der Waals surface area contributed by atoms with Crippen molar-refractivity contribution in [3.05, 3.63) is 60.2 Å². The van der Waals surface area contributed by atoms with Crippen LogP contribution in [0.25, 0.3) is 0 Å². The van der Waals surface area contributed by atoms with Crippen LogP contribution in [0.3, 0.4) is 0 Å². The van der Waals surface area contributed by atoms with E-state index in [-0.39, 0.29) is 42.2 Å². The van der Waals surface area contributed by atoms with Crippen LogP contribution in [0.1, 0.15) is 26.2 Å². The molecular formula is C19H20F2N2O2. The Morgan fingerprint density at radius 1 is 0.840 bits per heavy atom. The lowest BCUT2D eigenvalue weighted by atomic mass is 10.0. The van der Waals surface area contributed by atoms with E-state index < -0.39 is 0 Å². The van der Waals surface area contributed by atoms with Crippen molar-refractivity contribution in [2.45, 2.75) is 26.2 Å². The van der Waals surface area contributed by atoms with Crippen LogP contribution in [-0.4, -0.2) is 11.8 Å². The van der Waals surface area contributed by atoms with E-state index in [1.54, 1.807) is 0 Å². The molecule has 6 heteroatoms. The topological polar surface area (TPSA) is 58.2 Å². The third-order valence-electron chi connectivity index (χ3n) is 3.65. The molecule has 2 amide bonds. The maximum Gasteiger partial charge on any atom is 0.224 e. The van der Waals surface area contributed by atoms with Crippen LogP contribution in [0.15, 0.2) is 48.5 Å². The molecule has 0 saturated heterocycles. The van der Waals surface area contributed by atoms with Crippen molar-refractivity contribution in [1.29, 1.82) is 0 Å². The second-order valence-electron chi connectivity index (χ2n) is 5.96. The maximum absolute atomic E-state index is 12.8. The molecule has 0 bridgehead atoms. The zero-order valence-corrected chi connectivity index (χ0v) is 13.9. The lowest BCUT2D eigenvalue weighted by Gasteiger charge is -2.12. The molecule has 0 aliphatic rings. The molecule has 0 aliphatic carbocycles. The van der Waals surface area contributed by atoms with E-state index >= 15 is 0 Å². The van der Waals surface area contributed by atoms with Crippen LogP contribution in [-0.2, 0) is 9.59 Å². The Hall–Kier alpha value is -2.76. The van der Waals surface area contributed by atoms with E-state index in [1.807, 2.05) is 6.92 Å². The minimum atomic E-state index is -0.362. The first kappa shape index (κ1) is 18.6. The van der Waals surface area contributed by atoms with Crippen LogP contribution in [0.2, 0.25) is 0 Å². The first-order chi connectivity index (χ1) is 11.9. The second-order valence-corrected chi connectivity index (χ2v) is 5.96. The highest BCUT2D eigenvalue weighted by Gasteiger charge is 2.12. The van der Waals surface area contributed by atoms with Gasteiger partial charge in [-0.3, -0.25) is 9.59 Å². The van der Waals surface area contributed by atoms with E-state index in [0.29, 0.717) is 17.8 Å². The smallest absolute Gasteiger partial charge is 0.224 e. The Bertz CT molecular complexity index is 715. The van der Waals surface area contributed by atoms with Crippen LogP contribution in [0.4, 0.5) is 20.2 Å². The summed E-state index contributed by atoms with van der Waals surface area (Å²) in [6, 6.07) is 11.1. The van der Waals surface area contributed by atoms with E-state index in [9.17, 15) is 18.4 Å². The van der Waals surface area contributed by atoms with Crippen molar-refractivity contribution >= 4 is 23.2 Å². The summed E-state index contributed by atoms with van der Waals surface area (Å²) >= 11 is 0. The molecule has 0 spiro atoms. The standard InChI is InChI=1S/C19H20F2N2O2/c1-13(12-19(25)23-17-9-5-15(21)6-10-17)2-11-18(24)22-16-7-3-14(20)4-8-16/h3-10,13H,2,11-12H2,1H3,(H,22,24)(H,23,25). The van der Waals surface area contributed by atoms with Gasteiger partial charge in [-0.25, -0.2) is 8.78 Å². The van der Waals surface area contributed by atoms with Crippen molar-refractivity contribution in [2.24, 2.45) is 5.92 Å². The Kier molecular flexibility index (Phi) is 6.62. The molecule has 0 saturated carbocycles. The van der Waals surface area contributed by atoms with Gasteiger partial charge in [-0.1, -0.05) is 6.92 Å². The summed E-state index contributed by atoms with van der Waals surface area (Å²) in [6.45, 7) is 1.88. The number of benzene rings is 2. The zero-order chi connectivity index (χ0) is 18.2. The summed E-state index contributed by atoms with van der Waals surface area (Å²) in [4.78, 5) is 23.8. The van der Waals surface area contributed by atoms with Crippen LogP contribution < -0.4 is 10.6 Å². The van der Waals surface area contributed by atoms with E-state index in [4.69, 9.17) is 0 Å². The molecule has 1 atom stereocenters. The summed E-state index contributed by atoms with van der Waals surface area (Å²) in [6.07, 6.45) is 1.08. The number of nitrogens with one attached hydrogen (secondary N) is 2. The number of carbonyl (C=O) groups excluding carboxylic acids is 2.